The predicted molar refractivity (Wildman–Crippen MR) is 103 cm³/mol. The molecule has 0 aromatic heterocycles. The quantitative estimate of drug-likeness (QED) is 0.701. The van der Waals surface area contributed by atoms with Crippen LogP contribution < -0.4 is 9.47 Å². The van der Waals surface area contributed by atoms with Gasteiger partial charge in [0.25, 0.3) is 0 Å². The number of likely N-dealkylation sites (tertiary alicyclic amines) is 1. The summed E-state index contributed by atoms with van der Waals surface area (Å²) in [5.41, 5.74) is 1.81. The van der Waals surface area contributed by atoms with Crippen LogP contribution in [0.25, 0.3) is 0 Å². The average Bonchev–Trinajstić information content (AvgIpc) is 2.68. The summed E-state index contributed by atoms with van der Waals surface area (Å²) in [5, 5.41) is 0.650. The standard InChI is InChI=1S/C21H24ClNO3/c1-25-19-9-10-20(26-2)17(12-19)14-23-11-3-4-16(13-23)21(24)15-5-7-18(22)8-6-15/h5-10,12,16H,3-4,11,13-14H2,1-2H3. The summed E-state index contributed by atoms with van der Waals surface area (Å²) in [6, 6.07) is 13.0. The molecular formula is C21H24ClNO3. The van der Waals surface area contributed by atoms with E-state index in [1.54, 1.807) is 26.4 Å². The van der Waals surface area contributed by atoms with Crippen LogP contribution in [0.5, 0.6) is 11.5 Å². The Balaban J connectivity index is 1.71. The highest BCUT2D eigenvalue weighted by atomic mass is 35.5. The molecule has 5 heteroatoms. The van der Waals surface area contributed by atoms with Gasteiger partial charge in [-0.1, -0.05) is 11.6 Å². The molecule has 1 fully saturated rings. The first-order valence-corrected chi connectivity index (χ1v) is 9.21. The Kier molecular flexibility index (Phi) is 6.17. The minimum atomic E-state index is 0.0153. The van der Waals surface area contributed by atoms with Crippen LogP contribution in [-0.4, -0.2) is 38.0 Å². The molecule has 3 rings (SSSR count). The fourth-order valence-electron chi connectivity index (χ4n) is 3.51. The van der Waals surface area contributed by atoms with Gasteiger partial charge in [-0.05, 0) is 61.9 Å². The molecule has 0 N–H and O–H groups in total. The molecule has 1 aliphatic heterocycles. The Morgan fingerprint density at radius 2 is 1.92 bits per heavy atom. The summed E-state index contributed by atoms with van der Waals surface area (Å²) in [4.78, 5) is 15.1. The van der Waals surface area contributed by atoms with Crippen LogP contribution in [0, 0.1) is 5.92 Å². The second kappa shape index (κ2) is 8.56. The van der Waals surface area contributed by atoms with Crippen molar-refractivity contribution in [2.24, 2.45) is 5.92 Å². The molecule has 2 aromatic rings. The van der Waals surface area contributed by atoms with E-state index in [1.807, 2.05) is 30.3 Å². The maximum atomic E-state index is 12.8. The largest absolute Gasteiger partial charge is 0.497 e. The lowest BCUT2D eigenvalue weighted by atomic mass is 9.90. The maximum Gasteiger partial charge on any atom is 0.167 e. The van der Waals surface area contributed by atoms with Gasteiger partial charge in [-0.15, -0.1) is 0 Å². The zero-order valence-corrected chi connectivity index (χ0v) is 16.0. The van der Waals surface area contributed by atoms with Crippen LogP contribution in [0.4, 0.5) is 0 Å². The van der Waals surface area contributed by atoms with Gasteiger partial charge in [0.05, 0.1) is 14.2 Å². The highest BCUT2D eigenvalue weighted by Crippen LogP contribution is 2.28. The van der Waals surface area contributed by atoms with Gasteiger partial charge in [0.15, 0.2) is 5.78 Å². The fourth-order valence-corrected chi connectivity index (χ4v) is 3.64. The maximum absolute atomic E-state index is 12.8. The smallest absolute Gasteiger partial charge is 0.167 e. The number of nitrogens with zero attached hydrogens (tertiary/aromatic N) is 1. The van der Waals surface area contributed by atoms with E-state index in [0.29, 0.717) is 5.02 Å². The molecule has 4 nitrogen and oxygen atoms in total. The highest BCUT2D eigenvalue weighted by Gasteiger charge is 2.27. The van der Waals surface area contributed by atoms with Crippen molar-refractivity contribution in [2.45, 2.75) is 19.4 Å². The van der Waals surface area contributed by atoms with Crippen LogP contribution in [0.15, 0.2) is 42.5 Å². The molecular weight excluding hydrogens is 350 g/mol. The van der Waals surface area contributed by atoms with E-state index in [9.17, 15) is 4.79 Å². The number of piperidine rings is 1. The van der Waals surface area contributed by atoms with Crippen molar-refractivity contribution >= 4 is 17.4 Å². The Bertz CT molecular complexity index is 760. The van der Waals surface area contributed by atoms with Gasteiger partial charge in [0.1, 0.15) is 11.5 Å². The molecule has 0 amide bonds. The molecule has 26 heavy (non-hydrogen) atoms. The number of rotatable bonds is 6. The normalized spacial score (nSPS) is 17.7. The van der Waals surface area contributed by atoms with Crippen molar-refractivity contribution in [1.29, 1.82) is 0 Å². The van der Waals surface area contributed by atoms with Gasteiger partial charge in [-0.2, -0.15) is 0 Å². The number of ketones is 1. The van der Waals surface area contributed by atoms with Gasteiger partial charge >= 0.3 is 0 Å². The van der Waals surface area contributed by atoms with Gasteiger partial charge in [-0.3, -0.25) is 9.69 Å². The highest BCUT2D eigenvalue weighted by molar-refractivity contribution is 6.30. The van der Waals surface area contributed by atoms with E-state index in [-0.39, 0.29) is 11.7 Å². The van der Waals surface area contributed by atoms with Crippen LogP contribution >= 0.6 is 11.6 Å². The van der Waals surface area contributed by atoms with Gasteiger partial charge < -0.3 is 9.47 Å². The van der Waals surface area contributed by atoms with Crippen molar-refractivity contribution in [3.05, 3.63) is 58.6 Å². The van der Waals surface area contributed by atoms with E-state index < -0.39 is 0 Å². The third-order valence-electron chi connectivity index (χ3n) is 4.89. The topological polar surface area (TPSA) is 38.8 Å². The van der Waals surface area contributed by atoms with E-state index in [2.05, 4.69) is 4.90 Å². The molecule has 1 saturated heterocycles. The molecule has 1 unspecified atom stereocenters. The Morgan fingerprint density at radius 3 is 2.62 bits per heavy atom. The van der Waals surface area contributed by atoms with E-state index >= 15 is 0 Å². The van der Waals surface area contributed by atoms with E-state index in [4.69, 9.17) is 21.1 Å². The molecule has 0 bridgehead atoms. The number of ether oxygens (including phenoxy) is 2. The monoisotopic (exact) mass is 373 g/mol. The lowest BCUT2D eigenvalue weighted by Gasteiger charge is -2.32. The molecule has 1 atom stereocenters. The second-order valence-corrected chi connectivity index (χ2v) is 7.06. The minimum Gasteiger partial charge on any atom is -0.497 e. The summed E-state index contributed by atoms with van der Waals surface area (Å²) < 4.78 is 10.8. The predicted octanol–water partition coefficient (Wildman–Crippen LogP) is 4.45. The first kappa shape index (κ1) is 18.7. The summed E-state index contributed by atoms with van der Waals surface area (Å²) in [5.74, 6) is 1.87. The summed E-state index contributed by atoms with van der Waals surface area (Å²) in [6.07, 6.45) is 1.93. The number of methoxy groups -OCH3 is 2. The van der Waals surface area contributed by atoms with E-state index in [1.165, 1.54) is 0 Å². The molecule has 0 aliphatic carbocycles. The number of benzene rings is 2. The van der Waals surface area contributed by atoms with Crippen LogP contribution in [0.3, 0.4) is 0 Å². The van der Waals surface area contributed by atoms with Crippen LogP contribution in [0.1, 0.15) is 28.8 Å². The Morgan fingerprint density at radius 1 is 1.15 bits per heavy atom. The molecule has 0 saturated carbocycles. The van der Waals surface area contributed by atoms with Crippen molar-refractivity contribution in [3.63, 3.8) is 0 Å². The number of carbonyl (C=O) groups is 1. The number of halogens is 1. The van der Waals surface area contributed by atoms with Crippen LogP contribution in [0.2, 0.25) is 5.02 Å². The number of carbonyl (C=O) groups excluding carboxylic acids is 1. The third-order valence-corrected chi connectivity index (χ3v) is 5.14. The van der Waals surface area contributed by atoms with Gasteiger partial charge in [0, 0.05) is 35.2 Å². The molecule has 1 aliphatic rings. The van der Waals surface area contributed by atoms with E-state index in [0.717, 1.165) is 55.1 Å². The summed E-state index contributed by atoms with van der Waals surface area (Å²) in [7, 11) is 3.33. The molecule has 0 radical (unpaired) electrons. The lowest BCUT2D eigenvalue weighted by Crippen LogP contribution is -2.38. The third kappa shape index (κ3) is 4.37. The Hall–Kier alpha value is -2.04. The van der Waals surface area contributed by atoms with Crippen molar-refractivity contribution in [3.8, 4) is 11.5 Å². The number of hydrogen-bond acceptors (Lipinski definition) is 4. The lowest BCUT2D eigenvalue weighted by molar-refractivity contribution is 0.0810. The Labute approximate surface area is 159 Å². The van der Waals surface area contributed by atoms with Crippen LogP contribution in [-0.2, 0) is 6.54 Å². The molecule has 1 heterocycles. The van der Waals surface area contributed by atoms with Gasteiger partial charge in [-0.25, -0.2) is 0 Å². The SMILES string of the molecule is COc1ccc(OC)c(CN2CCCC(C(=O)c3ccc(Cl)cc3)C2)c1. The first-order valence-electron chi connectivity index (χ1n) is 8.83. The van der Waals surface area contributed by atoms with Crippen molar-refractivity contribution in [1.82, 2.24) is 4.90 Å². The number of Topliss-reactive ketones (excluding diaryl/α,β-unsaturated/α-hetero) is 1. The molecule has 2 aromatic carbocycles. The van der Waals surface area contributed by atoms with Crippen molar-refractivity contribution < 1.29 is 14.3 Å². The molecule has 0 spiro atoms. The zero-order chi connectivity index (χ0) is 18.5. The number of hydrogen-bond donors (Lipinski definition) is 0. The fraction of sp³-hybridized carbons (Fsp3) is 0.381. The van der Waals surface area contributed by atoms with Crippen molar-refractivity contribution in [2.75, 3.05) is 27.3 Å². The molecule has 138 valence electrons. The summed E-state index contributed by atoms with van der Waals surface area (Å²) in [6.45, 7) is 2.47. The first-order chi connectivity index (χ1) is 12.6. The second-order valence-electron chi connectivity index (χ2n) is 6.62. The van der Waals surface area contributed by atoms with Gasteiger partial charge in [0.2, 0.25) is 0 Å². The average molecular weight is 374 g/mol. The minimum absolute atomic E-state index is 0.0153. The summed E-state index contributed by atoms with van der Waals surface area (Å²) >= 11 is 5.93. The zero-order valence-electron chi connectivity index (χ0n) is 15.2.